The first kappa shape index (κ1) is 11.5. The Morgan fingerprint density at radius 1 is 1.56 bits per heavy atom. The standard InChI is InChI=1S/C12H16ClNO2/c1-8(2)9-5-6-14(7-9)12(15)10-3-4-11(13)16-10/h3-4,8-9H,5-7H2,1-2H3. The maximum Gasteiger partial charge on any atom is 0.289 e. The lowest BCUT2D eigenvalue weighted by Gasteiger charge is -2.16. The molecule has 1 aromatic heterocycles. The average Bonchev–Trinajstić information content (AvgIpc) is 2.84. The molecule has 4 heteroatoms. The number of hydrogen-bond acceptors (Lipinski definition) is 2. The Morgan fingerprint density at radius 2 is 2.31 bits per heavy atom. The van der Waals surface area contributed by atoms with Crippen LogP contribution in [0, 0.1) is 11.8 Å². The minimum absolute atomic E-state index is 0.0462. The van der Waals surface area contributed by atoms with Crippen molar-refractivity contribution in [1.82, 2.24) is 4.90 Å². The summed E-state index contributed by atoms with van der Waals surface area (Å²) in [4.78, 5) is 13.8. The summed E-state index contributed by atoms with van der Waals surface area (Å²) in [5.41, 5.74) is 0. The van der Waals surface area contributed by atoms with Crippen molar-refractivity contribution in [2.75, 3.05) is 13.1 Å². The molecular weight excluding hydrogens is 226 g/mol. The van der Waals surface area contributed by atoms with E-state index < -0.39 is 0 Å². The van der Waals surface area contributed by atoms with Crippen molar-refractivity contribution in [2.24, 2.45) is 11.8 Å². The second-order valence-corrected chi connectivity index (χ2v) is 5.02. The third-order valence-corrected chi connectivity index (χ3v) is 3.44. The van der Waals surface area contributed by atoms with Crippen LogP contribution in [0.15, 0.2) is 16.5 Å². The Kier molecular flexibility index (Phi) is 3.24. The van der Waals surface area contributed by atoms with Gasteiger partial charge in [0.25, 0.3) is 5.91 Å². The van der Waals surface area contributed by atoms with Gasteiger partial charge in [0.05, 0.1) is 0 Å². The van der Waals surface area contributed by atoms with E-state index in [0.29, 0.717) is 17.6 Å². The van der Waals surface area contributed by atoms with Crippen molar-refractivity contribution >= 4 is 17.5 Å². The minimum Gasteiger partial charge on any atom is -0.440 e. The second-order valence-electron chi connectivity index (χ2n) is 4.65. The molecule has 88 valence electrons. The molecule has 0 N–H and O–H groups in total. The van der Waals surface area contributed by atoms with Crippen molar-refractivity contribution in [3.05, 3.63) is 23.1 Å². The van der Waals surface area contributed by atoms with E-state index in [9.17, 15) is 4.79 Å². The van der Waals surface area contributed by atoms with Gasteiger partial charge in [0, 0.05) is 13.1 Å². The molecule has 1 amide bonds. The van der Waals surface area contributed by atoms with E-state index in [1.165, 1.54) is 0 Å². The summed E-state index contributed by atoms with van der Waals surface area (Å²) in [5, 5.41) is 0.267. The quantitative estimate of drug-likeness (QED) is 0.798. The number of nitrogens with zero attached hydrogens (tertiary/aromatic N) is 1. The molecule has 0 radical (unpaired) electrons. The van der Waals surface area contributed by atoms with Crippen LogP contribution in [0.5, 0.6) is 0 Å². The van der Waals surface area contributed by atoms with E-state index in [2.05, 4.69) is 13.8 Å². The topological polar surface area (TPSA) is 33.5 Å². The number of carbonyl (C=O) groups excluding carboxylic acids is 1. The van der Waals surface area contributed by atoms with Crippen LogP contribution >= 0.6 is 11.6 Å². The third kappa shape index (κ3) is 2.24. The molecule has 0 saturated carbocycles. The van der Waals surface area contributed by atoms with E-state index in [-0.39, 0.29) is 11.1 Å². The van der Waals surface area contributed by atoms with Crippen LogP contribution in [0.4, 0.5) is 0 Å². The molecular formula is C12H16ClNO2. The molecule has 0 aliphatic carbocycles. The Morgan fingerprint density at radius 3 is 2.81 bits per heavy atom. The van der Waals surface area contributed by atoms with Gasteiger partial charge >= 0.3 is 0 Å². The van der Waals surface area contributed by atoms with Gasteiger partial charge < -0.3 is 9.32 Å². The fraction of sp³-hybridized carbons (Fsp3) is 0.583. The number of halogens is 1. The van der Waals surface area contributed by atoms with Crippen molar-refractivity contribution < 1.29 is 9.21 Å². The van der Waals surface area contributed by atoms with Crippen molar-refractivity contribution in [3.8, 4) is 0 Å². The van der Waals surface area contributed by atoms with Gasteiger partial charge in [-0.05, 0) is 42.0 Å². The molecule has 0 spiro atoms. The van der Waals surface area contributed by atoms with Crippen LogP contribution in [0.2, 0.25) is 5.22 Å². The lowest BCUT2D eigenvalue weighted by atomic mass is 9.95. The zero-order chi connectivity index (χ0) is 11.7. The van der Waals surface area contributed by atoms with Gasteiger partial charge in [-0.15, -0.1) is 0 Å². The Labute approximate surface area is 100 Å². The smallest absolute Gasteiger partial charge is 0.289 e. The maximum atomic E-state index is 12.0. The highest BCUT2D eigenvalue weighted by atomic mass is 35.5. The van der Waals surface area contributed by atoms with Gasteiger partial charge in [0.2, 0.25) is 0 Å². The fourth-order valence-corrected chi connectivity index (χ4v) is 2.25. The lowest BCUT2D eigenvalue weighted by Crippen LogP contribution is -2.29. The van der Waals surface area contributed by atoms with Crippen LogP contribution in [-0.4, -0.2) is 23.9 Å². The van der Waals surface area contributed by atoms with Gasteiger partial charge in [0.15, 0.2) is 11.0 Å². The highest BCUT2D eigenvalue weighted by molar-refractivity contribution is 6.29. The average molecular weight is 242 g/mol. The van der Waals surface area contributed by atoms with Gasteiger partial charge in [-0.2, -0.15) is 0 Å². The number of hydrogen-bond donors (Lipinski definition) is 0. The fourth-order valence-electron chi connectivity index (χ4n) is 2.10. The zero-order valence-corrected chi connectivity index (χ0v) is 10.3. The van der Waals surface area contributed by atoms with Gasteiger partial charge in [-0.1, -0.05) is 13.8 Å². The molecule has 1 aromatic rings. The van der Waals surface area contributed by atoms with Gasteiger partial charge in [-0.3, -0.25) is 4.79 Å². The third-order valence-electron chi connectivity index (χ3n) is 3.24. The lowest BCUT2D eigenvalue weighted by molar-refractivity contribution is 0.0752. The summed E-state index contributed by atoms with van der Waals surface area (Å²) in [6.07, 6.45) is 1.08. The normalized spacial score (nSPS) is 20.8. The van der Waals surface area contributed by atoms with Crippen LogP contribution in [0.1, 0.15) is 30.8 Å². The van der Waals surface area contributed by atoms with Crippen LogP contribution in [-0.2, 0) is 0 Å². The summed E-state index contributed by atoms with van der Waals surface area (Å²) >= 11 is 5.65. The van der Waals surface area contributed by atoms with Gasteiger partial charge in [0.1, 0.15) is 0 Å². The molecule has 1 fully saturated rings. The number of amides is 1. The summed E-state index contributed by atoms with van der Waals surface area (Å²) in [6, 6.07) is 3.23. The van der Waals surface area contributed by atoms with Crippen molar-refractivity contribution in [3.63, 3.8) is 0 Å². The van der Waals surface area contributed by atoms with E-state index in [1.54, 1.807) is 12.1 Å². The predicted octanol–water partition coefficient (Wildman–Crippen LogP) is 3.05. The Bertz CT molecular complexity index is 386. The predicted molar refractivity (Wildman–Crippen MR) is 62.6 cm³/mol. The van der Waals surface area contributed by atoms with Gasteiger partial charge in [-0.25, -0.2) is 0 Å². The molecule has 3 nitrogen and oxygen atoms in total. The molecule has 1 saturated heterocycles. The van der Waals surface area contributed by atoms with Crippen molar-refractivity contribution in [1.29, 1.82) is 0 Å². The van der Waals surface area contributed by atoms with Crippen molar-refractivity contribution in [2.45, 2.75) is 20.3 Å². The summed E-state index contributed by atoms with van der Waals surface area (Å²) in [7, 11) is 0. The van der Waals surface area contributed by atoms with Crippen LogP contribution < -0.4 is 0 Å². The molecule has 1 unspecified atom stereocenters. The molecule has 16 heavy (non-hydrogen) atoms. The first-order valence-corrected chi connectivity index (χ1v) is 6.00. The van der Waals surface area contributed by atoms with E-state index >= 15 is 0 Å². The van der Waals surface area contributed by atoms with Crippen LogP contribution in [0.3, 0.4) is 0 Å². The highest BCUT2D eigenvalue weighted by Crippen LogP contribution is 2.25. The number of furan rings is 1. The Balaban J connectivity index is 2.02. The molecule has 2 heterocycles. The molecule has 1 aliphatic rings. The maximum absolute atomic E-state index is 12.0. The van der Waals surface area contributed by atoms with E-state index in [4.69, 9.17) is 16.0 Å². The summed E-state index contributed by atoms with van der Waals surface area (Å²) < 4.78 is 5.13. The number of rotatable bonds is 2. The van der Waals surface area contributed by atoms with Crippen LogP contribution in [0.25, 0.3) is 0 Å². The van der Waals surface area contributed by atoms with E-state index in [1.807, 2.05) is 4.90 Å². The second kappa shape index (κ2) is 4.50. The molecule has 0 aromatic carbocycles. The zero-order valence-electron chi connectivity index (χ0n) is 9.57. The number of likely N-dealkylation sites (tertiary alicyclic amines) is 1. The summed E-state index contributed by atoms with van der Waals surface area (Å²) in [6.45, 7) is 6.04. The monoisotopic (exact) mass is 241 g/mol. The number of carbonyl (C=O) groups is 1. The summed E-state index contributed by atoms with van der Waals surface area (Å²) in [5.74, 6) is 1.52. The first-order chi connectivity index (χ1) is 7.58. The molecule has 1 atom stereocenters. The Hall–Kier alpha value is -0.960. The SMILES string of the molecule is CC(C)C1CCN(C(=O)c2ccc(Cl)o2)C1. The molecule has 1 aliphatic heterocycles. The molecule has 0 bridgehead atoms. The first-order valence-electron chi connectivity index (χ1n) is 5.62. The largest absolute Gasteiger partial charge is 0.440 e. The highest BCUT2D eigenvalue weighted by Gasteiger charge is 2.29. The van der Waals surface area contributed by atoms with E-state index in [0.717, 1.165) is 19.5 Å². The molecule has 2 rings (SSSR count). The minimum atomic E-state index is -0.0462.